The molecule has 0 bridgehead atoms. The monoisotopic (exact) mass is 314 g/mol. The molecule has 94 valence electrons. The van der Waals surface area contributed by atoms with E-state index in [9.17, 15) is 4.79 Å². The lowest BCUT2D eigenvalue weighted by Crippen LogP contribution is -2.08. The Balaban J connectivity index is 2.47. The molecule has 1 heterocycles. The molecular formula is C16H11BrO2. The predicted octanol–water partition coefficient (Wildman–Crippen LogP) is 4.35. The maximum absolute atomic E-state index is 12.1. The minimum Gasteiger partial charge on any atom is -0.422 e. The Morgan fingerprint density at radius 1 is 0.947 bits per heavy atom. The summed E-state index contributed by atoms with van der Waals surface area (Å²) in [5.74, 6) is 0. The van der Waals surface area contributed by atoms with Gasteiger partial charge in [0, 0.05) is 16.3 Å². The highest BCUT2D eigenvalue weighted by atomic mass is 79.9. The van der Waals surface area contributed by atoms with Gasteiger partial charge in [0.25, 0.3) is 0 Å². The molecule has 3 rings (SSSR count). The molecule has 0 saturated heterocycles. The molecule has 0 atom stereocenters. The first-order chi connectivity index (χ1) is 9.31. The van der Waals surface area contributed by atoms with Gasteiger partial charge in [0.1, 0.15) is 5.58 Å². The standard InChI is InChI=1S/C16H11BrO2/c17-10-13-15(11-6-2-1-3-7-11)12-8-4-5-9-14(12)19-16(13)18/h1-9H,10H2. The van der Waals surface area contributed by atoms with Crippen LogP contribution in [0, 0.1) is 0 Å². The first kappa shape index (κ1) is 12.2. The highest BCUT2D eigenvalue weighted by Gasteiger charge is 2.14. The zero-order valence-electron chi connectivity index (χ0n) is 10.1. The zero-order chi connectivity index (χ0) is 13.2. The normalized spacial score (nSPS) is 10.8. The van der Waals surface area contributed by atoms with Crippen LogP contribution in [0.4, 0.5) is 0 Å². The molecule has 0 aliphatic heterocycles. The van der Waals surface area contributed by atoms with Gasteiger partial charge in [0.15, 0.2) is 0 Å². The topological polar surface area (TPSA) is 30.2 Å². The molecule has 0 saturated carbocycles. The summed E-state index contributed by atoms with van der Waals surface area (Å²) in [5.41, 5.74) is 2.97. The van der Waals surface area contributed by atoms with Gasteiger partial charge in [-0.25, -0.2) is 4.79 Å². The first-order valence-electron chi connectivity index (χ1n) is 5.97. The molecule has 0 aliphatic carbocycles. The fourth-order valence-electron chi connectivity index (χ4n) is 2.24. The van der Waals surface area contributed by atoms with E-state index in [1.165, 1.54) is 0 Å². The molecule has 0 N–H and O–H groups in total. The molecule has 0 aliphatic rings. The highest BCUT2D eigenvalue weighted by Crippen LogP contribution is 2.31. The number of hydrogen-bond donors (Lipinski definition) is 0. The summed E-state index contributed by atoms with van der Waals surface area (Å²) in [7, 11) is 0. The summed E-state index contributed by atoms with van der Waals surface area (Å²) < 4.78 is 5.36. The van der Waals surface area contributed by atoms with E-state index in [4.69, 9.17) is 4.42 Å². The van der Waals surface area contributed by atoms with Gasteiger partial charge < -0.3 is 4.42 Å². The van der Waals surface area contributed by atoms with Gasteiger partial charge in [-0.3, -0.25) is 0 Å². The highest BCUT2D eigenvalue weighted by molar-refractivity contribution is 9.08. The maximum atomic E-state index is 12.1. The molecule has 0 spiro atoms. The van der Waals surface area contributed by atoms with Crippen molar-refractivity contribution < 1.29 is 4.42 Å². The van der Waals surface area contributed by atoms with Crippen molar-refractivity contribution >= 4 is 26.9 Å². The van der Waals surface area contributed by atoms with Crippen LogP contribution in [0.15, 0.2) is 63.8 Å². The van der Waals surface area contributed by atoms with Gasteiger partial charge in [0.2, 0.25) is 0 Å². The molecule has 3 aromatic rings. The second kappa shape index (κ2) is 5.02. The van der Waals surface area contributed by atoms with Crippen molar-refractivity contribution in [1.82, 2.24) is 0 Å². The molecule has 19 heavy (non-hydrogen) atoms. The fourth-order valence-corrected chi connectivity index (χ4v) is 2.75. The molecular weight excluding hydrogens is 304 g/mol. The van der Waals surface area contributed by atoms with Gasteiger partial charge in [0.05, 0.1) is 5.56 Å². The minimum absolute atomic E-state index is 0.283. The number of fused-ring (bicyclic) bond motifs is 1. The van der Waals surface area contributed by atoms with Crippen LogP contribution in [0.2, 0.25) is 0 Å². The lowest BCUT2D eigenvalue weighted by Gasteiger charge is -2.09. The lowest BCUT2D eigenvalue weighted by atomic mass is 9.98. The molecule has 0 amide bonds. The Bertz CT molecular complexity index is 776. The zero-order valence-corrected chi connectivity index (χ0v) is 11.7. The SMILES string of the molecule is O=c1oc2ccccc2c(-c2ccccc2)c1CBr. The number of para-hydroxylation sites is 1. The summed E-state index contributed by atoms with van der Waals surface area (Å²) in [5, 5.41) is 1.44. The van der Waals surface area contributed by atoms with Crippen LogP contribution < -0.4 is 5.63 Å². The van der Waals surface area contributed by atoms with Crippen molar-refractivity contribution in [3.05, 3.63) is 70.6 Å². The number of rotatable bonds is 2. The van der Waals surface area contributed by atoms with Crippen molar-refractivity contribution in [3.63, 3.8) is 0 Å². The summed E-state index contributed by atoms with van der Waals surface area (Å²) in [6.45, 7) is 0. The van der Waals surface area contributed by atoms with E-state index in [1.807, 2.05) is 54.6 Å². The Kier molecular flexibility index (Phi) is 3.22. The van der Waals surface area contributed by atoms with Crippen LogP contribution >= 0.6 is 15.9 Å². The quantitative estimate of drug-likeness (QED) is 0.520. The Morgan fingerprint density at radius 2 is 1.63 bits per heavy atom. The van der Waals surface area contributed by atoms with Crippen molar-refractivity contribution in [3.8, 4) is 11.1 Å². The second-order valence-corrected chi connectivity index (χ2v) is 4.80. The average molecular weight is 315 g/mol. The Labute approximate surface area is 118 Å². The third-order valence-corrected chi connectivity index (χ3v) is 3.66. The number of alkyl halides is 1. The van der Waals surface area contributed by atoms with E-state index < -0.39 is 0 Å². The van der Waals surface area contributed by atoms with Gasteiger partial charge in [-0.15, -0.1) is 0 Å². The van der Waals surface area contributed by atoms with Gasteiger partial charge in [-0.2, -0.15) is 0 Å². The van der Waals surface area contributed by atoms with E-state index in [-0.39, 0.29) is 5.63 Å². The van der Waals surface area contributed by atoms with Gasteiger partial charge in [-0.05, 0) is 11.6 Å². The van der Waals surface area contributed by atoms with E-state index >= 15 is 0 Å². The molecule has 3 heteroatoms. The number of halogens is 1. The molecule has 0 fully saturated rings. The molecule has 2 aromatic carbocycles. The van der Waals surface area contributed by atoms with Crippen molar-refractivity contribution in [2.75, 3.05) is 0 Å². The summed E-state index contributed by atoms with van der Waals surface area (Å²) in [6, 6.07) is 17.5. The summed E-state index contributed by atoms with van der Waals surface area (Å²) in [6.07, 6.45) is 0. The fraction of sp³-hybridized carbons (Fsp3) is 0.0625. The largest absolute Gasteiger partial charge is 0.422 e. The second-order valence-electron chi connectivity index (χ2n) is 4.24. The first-order valence-corrected chi connectivity index (χ1v) is 7.09. The molecule has 2 nitrogen and oxygen atoms in total. The van der Waals surface area contributed by atoms with E-state index in [2.05, 4.69) is 15.9 Å². The van der Waals surface area contributed by atoms with Crippen LogP contribution in [-0.2, 0) is 5.33 Å². The van der Waals surface area contributed by atoms with Crippen LogP contribution in [0.3, 0.4) is 0 Å². The summed E-state index contributed by atoms with van der Waals surface area (Å²) in [4.78, 5) is 12.1. The molecule has 1 aromatic heterocycles. The molecule has 0 unspecified atom stereocenters. The van der Waals surface area contributed by atoms with Gasteiger partial charge >= 0.3 is 5.63 Å². The lowest BCUT2D eigenvalue weighted by molar-refractivity contribution is 0.555. The Morgan fingerprint density at radius 3 is 2.37 bits per heavy atom. The van der Waals surface area contributed by atoms with Gasteiger partial charge in [-0.1, -0.05) is 64.5 Å². The van der Waals surface area contributed by atoms with E-state index in [1.54, 1.807) is 0 Å². The molecule has 0 radical (unpaired) electrons. The van der Waals surface area contributed by atoms with Crippen LogP contribution in [0.25, 0.3) is 22.1 Å². The van der Waals surface area contributed by atoms with Crippen LogP contribution in [-0.4, -0.2) is 0 Å². The predicted molar refractivity (Wildman–Crippen MR) is 80.6 cm³/mol. The van der Waals surface area contributed by atoms with Crippen LogP contribution in [0.1, 0.15) is 5.56 Å². The number of benzene rings is 2. The smallest absolute Gasteiger partial charge is 0.340 e. The van der Waals surface area contributed by atoms with Crippen molar-refractivity contribution in [1.29, 1.82) is 0 Å². The minimum atomic E-state index is -0.283. The van der Waals surface area contributed by atoms with Crippen molar-refractivity contribution in [2.24, 2.45) is 0 Å². The number of hydrogen-bond acceptors (Lipinski definition) is 2. The maximum Gasteiger partial charge on any atom is 0.340 e. The third-order valence-electron chi connectivity index (χ3n) is 3.10. The summed E-state index contributed by atoms with van der Waals surface area (Å²) >= 11 is 3.38. The third kappa shape index (κ3) is 2.10. The van der Waals surface area contributed by atoms with Crippen LogP contribution in [0.5, 0.6) is 0 Å². The van der Waals surface area contributed by atoms with E-state index in [0.717, 1.165) is 16.5 Å². The Hall–Kier alpha value is -1.87. The average Bonchev–Trinajstić information content (AvgIpc) is 2.46. The van der Waals surface area contributed by atoms with E-state index in [0.29, 0.717) is 16.5 Å². The van der Waals surface area contributed by atoms with Crippen molar-refractivity contribution in [2.45, 2.75) is 5.33 Å².